The van der Waals surface area contributed by atoms with Crippen molar-refractivity contribution in [1.29, 1.82) is 0 Å². The van der Waals surface area contributed by atoms with Crippen molar-refractivity contribution in [3.63, 3.8) is 0 Å². The highest BCUT2D eigenvalue weighted by molar-refractivity contribution is 6.12. The molecule has 4 rings (SSSR count). The molecule has 1 atom stereocenters. The largest absolute Gasteiger partial charge is 0.508 e. The minimum absolute atomic E-state index is 0.0754. The Morgan fingerprint density at radius 1 is 1.03 bits per heavy atom. The molecule has 0 unspecified atom stereocenters. The van der Waals surface area contributed by atoms with Gasteiger partial charge in [0.25, 0.3) is 5.91 Å². The topological polar surface area (TPSA) is 71.0 Å². The van der Waals surface area contributed by atoms with Crippen LogP contribution >= 0.6 is 0 Å². The van der Waals surface area contributed by atoms with E-state index in [4.69, 9.17) is 9.47 Å². The second-order valence-corrected chi connectivity index (χ2v) is 6.62. The van der Waals surface area contributed by atoms with Crippen LogP contribution in [-0.4, -0.2) is 24.7 Å². The Hall–Kier alpha value is -3.67. The second kappa shape index (κ2) is 7.75. The number of rotatable bonds is 5. The maximum absolute atomic E-state index is 13.4. The fourth-order valence-electron chi connectivity index (χ4n) is 3.49. The number of nitrogens with one attached hydrogen (secondary N) is 1. The van der Waals surface area contributed by atoms with Gasteiger partial charge >= 0.3 is 0 Å². The molecule has 29 heavy (non-hydrogen) atoms. The van der Waals surface area contributed by atoms with Crippen molar-refractivity contribution < 1.29 is 19.4 Å². The molecule has 0 bridgehead atoms. The number of carbonyl (C=O) groups is 1. The normalized spacial score (nSPS) is 15.4. The summed E-state index contributed by atoms with van der Waals surface area (Å²) in [5.74, 6) is 1.24. The van der Waals surface area contributed by atoms with E-state index >= 15 is 0 Å². The summed E-state index contributed by atoms with van der Waals surface area (Å²) in [5, 5.41) is 13.9. The highest BCUT2D eigenvalue weighted by atomic mass is 16.5. The number of amides is 1. The Morgan fingerprint density at radius 2 is 1.76 bits per heavy atom. The molecular formula is C23H22N2O4. The molecule has 3 aromatic rings. The van der Waals surface area contributed by atoms with Gasteiger partial charge in [0, 0.05) is 16.9 Å². The third kappa shape index (κ3) is 3.45. The zero-order valence-corrected chi connectivity index (χ0v) is 16.3. The summed E-state index contributed by atoms with van der Waals surface area (Å²) in [5.41, 5.74) is 2.51. The Labute approximate surface area is 169 Å². The van der Waals surface area contributed by atoms with Gasteiger partial charge in [-0.3, -0.25) is 9.69 Å². The van der Waals surface area contributed by atoms with Gasteiger partial charge in [-0.1, -0.05) is 12.1 Å². The van der Waals surface area contributed by atoms with Crippen LogP contribution in [0, 0.1) is 0 Å². The minimum Gasteiger partial charge on any atom is -0.508 e. The van der Waals surface area contributed by atoms with E-state index in [-0.39, 0.29) is 11.7 Å². The first kappa shape index (κ1) is 18.7. The average molecular weight is 390 g/mol. The summed E-state index contributed by atoms with van der Waals surface area (Å²) >= 11 is 0. The number of hydrogen-bond acceptors (Lipinski definition) is 5. The zero-order chi connectivity index (χ0) is 20.4. The number of anilines is 2. The number of benzene rings is 3. The van der Waals surface area contributed by atoms with Crippen molar-refractivity contribution in [2.75, 3.05) is 23.9 Å². The number of para-hydroxylation sites is 1. The van der Waals surface area contributed by atoms with Crippen molar-refractivity contribution >= 4 is 17.3 Å². The van der Waals surface area contributed by atoms with Crippen LogP contribution in [0.15, 0.2) is 66.7 Å². The number of methoxy groups -OCH3 is 1. The minimum atomic E-state index is -0.606. The molecule has 0 radical (unpaired) electrons. The van der Waals surface area contributed by atoms with Gasteiger partial charge < -0.3 is 19.9 Å². The molecule has 0 aromatic heterocycles. The molecule has 0 fully saturated rings. The number of aromatic hydroxyl groups is 1. The summed E-state index contributed by atoms with van der Waals surface area (Å²) in [7, 11) is 1.56. The molecular weight excluding hydrogens is 368 g/mol. The third-order valence-electron chi connectivity index (χ3n) is 4.88. The Balaban J connectivity index is 1.83. The number of phenols is 1. The second-order valence-electron chi connectivity index (χ2n) is 6.62. The van der Waals surface area contributed by atoms with Crippen LogP contribution in [0.25, 0.3) is 0 Å². The van der Waals surface area contributed by atoms with Crippen LogP contribution in [0.4, 0.5) is 11.4 Å². The third-order valence-corrected chi connectivity index (χ3v) is 4.88. The molecule has 3 aromatic carbocycles. The summed E-state index contributed by atoms with van der Waals surface area (Å²) in [4.78, 5) is 15.1. The van der Waals surface area contributed by atoms with Crippen molar-refractivity contribution in [2.24, 2.45) is 0 Å². The Bertz CT molecular complexity index is 1030. The number of ether oxygens (including phenoxy) is 2. The first-order valence-corrected chi connectivity index (χ1v) is 9.41. The quantitative estimate of drug-likeness (QED) is 0.668. The molecule has 1 aliphatic rings. The summed E-state index contributed by atoms with van der Waals surface area (Å²) in [6.45, 7) is 2.49. The summed E-state index contributed by atoms with van der Waals surface area (Å²) < 4.78 is 10.8. The van der Waals surface area contributed by atoms with Crippen LogP contribution in [0.5, 0.6) is 17.2 Å². The van der Waals surface area contributed by atoms with E-state index in [2.05, 4.69) is 5.32 Å². The van der Waals surface area contributed by atoms with E-state index in [1.807, 2.05) is 49.4 Å². The molecule has 1 amide bonds. The van der Waals surface area contributed by atoms with Crippen molar-refractivity contribution in [2.45, 2.75) is 13.1 Å². The fourth-order valence-corrected chi connectivity index (χ4v) is 3.49. The molecule has 148 valence electrons. The number of hydrogen-bond donors (Lipinski definition) is 2. The number of fused-ring (bicyclic) bond motifs is 1. The van der Waals surface area contributed by atoms with Crippen LogP contribution < -0.4 is 19.7 Å². The van der Waals surface area contributed by atoms with Gasteiger partial charge in [0.2, 0.25) is 0 Å². The molecule has 0 aliphatic carbocycles. The summed E-state index contributed by atoms with van der Waals surface area (Å²) in [6, 6.07) is 19.6. The van der Waals surface area contributed by atoms with Gasteiger partial charge in [0.1, 0.15) is 23.4 Å². The highest BCUT2D eigenvalue weighted by Gasteiger charge is 2.35. The predicted molar refractivity (Wildman–Crippen MR) is 112 cm³/mol. The van der Waals surface area contributed by atoms with Crippen molar-refractivity contribution in [3.05, 3.63) is 77.9 Å². The van der Waals surface area contributed by atoms with Gasteiger partial charge in [0.15, 0.2) is 0 Å². The molecule has 6 nitrogen and oxygen atoms in total. The summed E-state index contributed by atoms with van der Waals surface area (Å²) in [6.07, 6.45) is -0.606. The maximum atomic E-state index is 13.4. The number of nitrogens with zero attached hydrogens (tertiary/aromatic N) is 1. The van der Waals surface area contributed by atoms with Crippen LogP contribution in [-0.2, 0) is 0 Å². The first-order chi connectivity index (χ1) is 14.1. The van der Waals surface area contributed by atoms with Gasteiger partial charge in [-0.25, -0.2) is 0 Å². The molecule has 6 heteroatoms. The first-order valence-electron chi connectivity index (χ1n) is 9.41. The van der Waals surface area contributed by atoms with E-state index in [0.29, 0.717) is 34.9 Å². The lowest BCUT2D eigenvalue weighted by molar-refractivity contribution is 0.0974. The molecule has 1 aliphatic heterocycles. The van der Waals surface area contributed by atoms with Crippen LogP contribution in [0.1, 0.15) is 29.0 Å². The van der Waals surface area contributed by atoms with E-state index < -0.39 is 6.17 Å². The van der Waals surface area contributed by atoms with Crippen LogP contribution in [0.2, 0.25) is 0 Å². The number of carbonyl (C=O) groups excluding carboxylic acids is 1. The van der Waals surface area contributed by atoms with Crippen LogP contribution in [0.3, 0.4) is 0 Å². The lowest BCUT2D eigenvalue weighted by Crippen LogP contribution is -2.43. The lowest BCUT2D eigenvalue weighted by Gasteiger charge is -2.38. The van der Waals surface area contributed by atoms with Gasteiger partial charge in [-0.2, -0.15) is 0 Å². The predicted octanol–water partition coefficient (Wildman–Crippen LogP) is 4.57. The van der Waals surface area contributed by atoms with Gasteiger partial charge in [-0.05, 0) is 61.5 Å². The van der Waals surface area contributed by atoms with Crippen molar-refractivity contribution in [1.82, 2.24) is 0 Å². The molecule has 0 saturated carbocycles. The van der Waals surface area contributed by atoms with E-state index in [1.165, 1.54) is 0 Å². The average Bonchev–Trinajstić information content (AvgIpc) is 2.75. The molecule has 2 N–H and O–H groups in total. The zero-order valence-electron chi connectivity index (χ0n) is 16.3. The molecule has 0 saturated heterocycles. The fraction of sp³-hybridized carbons (Fsp3) is 0.174. The highest BCUT2D eigenvalue weighted by Crippen LogP contribution is 2.40. The van der Waals surface area contributed by atoms with E-state index in [9.17, 15) is 9.90 Å². The van der Waals surface area contributed by atoms with E-state index in [0.717, 1.165) is 5.75 Å². The Morgan fingerprint density at radius 3 is 2.48 bits per heavy atom. The standard InChI is InChI=1S/C23H22N2O4/c1-3-29-16-10-8-15(9-11-16)25-22(19-14-17(28-2)12-13-21(19)26)24-20-7-5-4-6-18(20)23(25)27/h4-14,22,24,26H,3H2,1-2H3/t22-/m0/s1. The van der Waals surface area contributed by atoms with Gasteiger partial charge in [0.05, 0.1) is 19.3 Å². The lowest BCUT2D eigenvalue weighted by atomic mass is 10.0. The maximum Gasteiger partial charge on any atom is 0.262 e. The SMILES string of the molecule is CCOc1ccc(N2C(=O)c3ccccc3N[C@@H]2c2cc(OC)ccc2O)cc1. The molecule has 0 spiro atoms. The van der Waals surface area contributed by atoms with Crippen molar-refractivity contribution in [3.8, 4) is 17.2 Å². The number of phenolic OH excluding ortho intramolecular Hbond substituents is 1. The Kier molecular flexibility index (Phi) is 4.99. The molecule has 1 heterocycles. The van der Waals surface area contributed by atoms with Gasteiger partial charge in [-0.15, -0.1) is 0 Å². The smallest absolute Gasteiger partial charge is 0.262 e. The monoisotopic (exact) mass is 390 g/mol. The van der Waals surface area contributed by atoms with E-state index in [1.54, 1.807) is 36.3 Å².